The molecule has 2 aliphatic rings. The lowest BCUT2D eigenvalue weighted by molar-refractivity contribution is -0.127. The summed E-state index contributed by atoms with van der Waals surface area (Å²) < 4.78 is 13.4. The number of amides is 1. The lowest BCUT2D eigenvalue weighted by Crippen LogP contribution is -2.36. The molecule has 6 nitrogen and oxygen atoms in total. The van der Waals surface area contributed by atoms with E-state index < -0.39 is 5.82 Å². The molecule has 3 heterocycles. The van der Waals surface area contributed by atoms with Gasteiger partial charge in [-0.3, -0.25) is 4.79 Å². The van der Waals surface area contributed by atoms with Gasteiger partial charge < -0.3 is 15.1 Å². The summed E-state index contributed by atoms with van der Waals surface area (Å²) in [7, 11) is 1.65. The number of carbonyl (C=O) groups excluding carboxylic acids is 1. The van der Waals surface area contributed by atoms with Crippen LogP contribution in [0.3, 0.4) is 0 Å². The Balaban J connectivity index is 1.49. The molecule has 0 aromatic carbocycles. The number of hydrogen-bond acceptors (Lipinski definition) is 5. The lowest BCUT2D eigenvalue weighted by Gasteiger charge is -2.32. The summed E-state index contributed by atoms with van der Waals surface area (Å²) in [6.45, 7) is 3.58. The third-order valence-corrected chi connectivity index (χ3v) is 4.84. The Morgan fingerprint density at radius 1 is 1.35 bits per heavy atom. The molecule has 1 amide bonds. The van der Waals surface area contributed by atoms with E-state index in [0.29, 0.717) is 24.2 Å². The zero-order valence-corrected chi connectivity index (χ0v) is 13.6. The Morgan fingerprint density at radius 2 is 2.13 bits per heavy atom. The second-order valence-electron chi connectivity index (χ2n) is 6.32. The van der Waals surface area contributed by atoms with E-state index in [-0.39, 0.29) is 5.82 Å². The summed E-state index contributed by atoms with van der Waals surface area (Å²) in [6, 6.07) is 0. The van der Waals surface area contributed by atoms with Crippen molar-refractivity contribution in [2.75, 3.05) is 43.4 Å². The first-order valence-corrected chi connectivity index (χ1v) is 8.40. The minimum Gasteiger partial charge on any atom is -0.371 e. The van der Waals surface area contributed by atoms with Gasteiger partial charge in [0.25, 0.3) is 0 Å². The molecule has 0 bridgehead atoms. The van der Waals surface area contributed by atoms with Gasteiger partial charge >= 0.3 is 0 Å². The normalized spacial score (nSPS) is 19.5. The van der Waals surface area contributed by atoms with E-state index in [4.69, 9.17) is 0 Å². The summed E-state index contributed by atoms with van der Waals surface area (Å²) in [5.74, 6) is 1.35. The summed E-state index contributed by atoms with van der Waals surface area (Å²) in [6.07, 6.45) is 6.15. The minimum atomic E-state index is -0.429. The van der Waals surface area contributed by atoms with Crippen LogP contribution < -0.4 is 10.2 Å². The highest BCUT2D eigenvalue weighted by atomic mass is 19.1. The molecule has 1 aromatic rings. The zero-order valence-electron chi connectivity index (χ0n) is 13.6. The van der Waals surface area contributed by atoms with Gasteiger partial charge in [-0.25, -0.2) is 9.37 Å². The fourth-order valence-corrected chi connectivity index (χ4v) is 3.39. The van der Waals surface area contributed by atoms with E-state index in [1.807, 2.05) is 4.90 Å². The fourth-order valence-electron chi connectivity index (χ4n) is 3.39. The van der Waals surface area contributed by atoms with E-state index in [1.165, 1.54) is 6.20 Å². The van der Waals surface area contributed by atoms with Gasteiger partial charge in [0, 0.05) is 39.6 Å². The third-order valence-electron chi connectivity index (χ3n) is 4.84. The molecule has 23 heavy (non-hydrogen) atoms. The second kappa shape index (κ2) is 7.10. The van der Waals surface area contributed by atoms with Crippen molar-refractivity contribution in [2.45, 2.75) is 32.1 Å². The number of nitrogens with zero attached hydrogens (tertiary/aromatic N) is 4. The average molecular weight is 321 g/mol. The highest BCUT2D eigenvalue weighted by Gasteiger charge is 2.24. The molecule has 126 valence electrons. The summed E-state index contributed by atoms with van der Waals surface area (Å²) in [4.78, 5) is 24.1. The standard InChI is InChI=1S/C16H24FN5O/c1-18-15-13(17)11-19-16(20-15)22-9-5-12(6-10-22)4-8-21-7-2-3-14(21)23/h11-12H,2-10H2,1H3,(H,18,19,20). The second-order valence-corrected chi connectivity index (χ2v) is 6.32. The van der Waals surface area contributed by atoms with Crippen molar-refractivity contribution >= 4 is 17.7 Å². The Kier molecular flexibility index (Phi) is 4.93. The van der Waals surface area contributed by atoms with Gasteiger partial charge in [-0.15, -0.1) is 0 Å². The Bertz CT molecular complexity index is 559. The molecule has 2 fully saturated rings. The van der Waals surface area contributed by atoms with Gasteiger partial charge in [-0.05, 0) is 31.6 Å². The number of anilines is 2. The number of rotatable bonds is 5. The first kappa shape index (κ1) is 16.0. The largest absolute Gasteiger partial charge is 0.371 e. The van der Waals surface area contributed by atoms with Crippen LogP contribution >= 0.6 is 0 Å². The number of aromatic nitrogens is 2. The zero-order chi connectivity index (χ0) is 16.2. The number of hydrogen-bond donors (Lipinski definition) is 1. The van der Waals surface area contributed by atoms with Gasteiger partial charge in [-0.1, -0.05) is 0 Å². The molecule has 1 N–H and O–H groups in total. The van der Waals surface area contributed by atoms with Crippen molar-refractivity contribution in [3.8, 4) is 0 Å². The first-order chi connectivity index (χ1) is 11.2. The molecule has 0 aliphatic carbocycles. The molecular weight excluding hydrogens is 297 g/mol. The smallest absolute Gasteiger partial charge is 0.227 e. The number of likely N-dealkylation sites (tertiary alicyclic amines) is 1. The van der Waals surface area contributed by atoms with Gasteiger partial charge in [0.05, 0.1) is 6.20 Å². The van der Waals surface area contributed by atoms with E-state index in [1.54, 1.807) is 7.05 Å². The van der Waals surface area contributed by atoms with Crippen LogP contribution in [0.25, 0.3) is 0 Å². The molecule has 3 rings (SSSR count). The van der Waals surface area contributed by atoms with Gasteiger partial charge in [0.1, 0.15) is 0 Å². The molecule has 0 radical (unpaired) electrons. The predicted octanol–water partition coefficient (Wildman–Crippen LogP) is 1.89. The fraction of sp³-hybridized carbons (Fsp3) is 0.688. The average Bonchev–Trinajstić information content (AvgIpc) is 2.99. The predicted molar refractivity (Wildman–Crippen MR) is 86.9 cm³/mol. The van der Waals surface area contributed by atoms with Crippen LogP contribution in [0.1, 0.15) is 32.1 Å². The van der Waals surface area contributed by atoms with Crippen LogP contribution in [-0.2, 0) is 4.79 Å². The van der Waals surface area contributed by atoms with E-state index in [9.17, 15) is 9.18 Å². The molecule has 0 saturated carbocycles. The number of nitrogens with one attached hydrogen (secondary N) is 1. The third kappa shape index (κ3) is 3.71. The Morgan fingerprint density at radius 3 is 2.78 bits per heavy atom. The van der Waals surface area contributed by atoms with Crippen LogP contribution in [0, 0.1) is 11.7 Å². The number of carbonyl (C=O) groups is 1. The summed E-state index contributed by atoms with van der Waals surface area (Å²) >= 11 is 0. The van der Waals surface area contributed by atoms with Crippen molar-refractivity contribution < 1.29 is 9.18 Å². The highest BCUT2D eigenvalue weighted by molar-refractivity contribution is 5.77. The molecule has 0 spiro atoms. The molecule has 1 aromatic heterocycles. The van der Waals surface area contributed by atoms with Crippen molar-refractivity contribution in [1.82, 2.24) is 14.9 Å². The van der Waals surface area contributed by atoms with Gasteiger partial charge in [0.2, 0.25) is 11.9 Å². The van der Waals surface area contributed by atoms with Crippen LogP contribution in [0.2, 0.25) is 0 Å². The summed E-state index contributed by atoms with van der Waals surface area (Å²) in [5.41, 5.74) is 0. The van der Waals surface area contributed by atoms with Gasteiger partial charge in [-0.2, -0.15) is 4.98 Å². The van der Waals surface area contributed by atoms with E-state index in [2.05, 4.69) is 20.2 Å². The summed E-state index contributed by atoms with van der Waals surface area (Å²) in [5, 5.41) is 2.75. The van der Waals surface area contributed by atoms with Crippen molar-refractivity contribution in [2.24, 2.45) is 5.92 Å². The number of piperidine rings is 1. The van der Waals surface area contributed by atoms with Crippen LogP contribution in [0.5, 0.6) is 0 Å². The molecule has 7 heteroatoms. The molecule has 2 aliphatic heterocycles. The molecule has 2 saturated heterocycles. The number of halogens is 1. The molecule has 0 atom stereocenters. The first-order valence-electron chi connectivity index (χ1n) is 8.40. The van der Waals surface area contributed by atoms with E-state index in [0.717, 1.165) is 51.9 Å². The van der Waals surface area contributed by atoms with Crippen molar-refractivity contribution in [1.29, 1.82) is 0 Å². The van der Waals surface area contributed by atoms with Crippen molar-refractivity contribution in [3.63, 3.8) is 0 Å². The highest BCUT2D eigenvalue weighted by Crippen LogP contribution is 2.25. The van der Waals surface area contributed by atoms with Gasteiger partial charge in [0.15, 0.2) is 11.6 Å². The van der Waals surface area contributed by atoms with Crippen LogP contribution in [0.4, 0.5) is 16.2 Å². The Labute approximate surface area is 136 Å². The van der Waals surface area contributed by atoms with Crippen LogP contribution in [-0.4, -0.2) is 54.0 Å². The minimum absolute atomic E-state index is 0.240. The monoisotopic (exact) mass is 321 g/mol. The maximum atomic E-state index is 13.4. The molecular formula is C16H24FN5O. The van der Waals surface area contributed by atoms with E-state index >= 15 is 0 Å². The topological polar surface area (TPSA) is 61.4 Å². The maximum Gasteiger partial charge on any atom is 0.227 e. The SMILES string of the molecule is CNc1nc(N2CCC(CCN3CCCC3=O)CC2)ncc1F. The van der Waals surface area contributed by atoms with Crippen molar-refractivity contribution in [3.05, 3.63) is 12.0 Å². The quantitative estimate of drug-likeness (QED) is 0.897. The van der Waals surface area contributed by atoms with Crippen LogP contribution in [0.15, 0.2) is 6.20 Å². The lowest BCUT2D eigenvalue weighted by atomic mass is 9.93. The maximum absolute atomic E-state index is 13.4. The Hall–Kier alpha value is -1.92. The molecule has 0 unspecified atom stereocenters.